The molecule has 3 N–H and O–H groups in total. The fraction of sp³-hybridized carbons (Fsp3) is 0.533. The minimum Gasteiger partial charge on any atom is -0.490 e. The van der Waals surface area contributed by atoms with Gasteiger partial charge in [0.05, 0.1) is 11.7 Å². The fourth-order valence-corrected chi connectivity index (χ4v) is 3.21. The Labute approximate surface area is 123 Å². The third-order valence-electron chi connectivity index (χ3n) is 4.09. The molecule has 3 atom stereocenters. The highest BCUT2D eigenvalue weighted by Crippen LogP contribution is 2.34. The molecular weight excluding hydrogens is 304 g/mol. The van der Waals surface area contributed by atoms with Crippen molar-refractivity contribution in [2.75, 3.05) is 0 Å². The summed E-state index contributed by atoms with van der Waals surface area (Å²) < 4.78 is 6.91. The van der Waals surface area contributed by atoms with E-state index in [-0.39, 0.29) is 11.9 Å². The molecule has 2 rings (SSSR count). The molecule has 0 aromatic heterocycles. The van der Waals surface area contributed by atoms with Gasteiger partial charge in [-0.15, -0.1) is 0 Å². The van der Waals surface area contributed by atoms with Crippen molar-refractivity contribution in [1.82, 2.24) is 0 Å². The molecule has 1 aliphatic rings. The minimum atomic E-state index is 0.0414. The van der Waals surface area contributed by atoms with Crippen LogP contribution in [0.4, 0.5) is 0 Å². The molecule has 0 radical (unpaired) electrons. The van der Waals surface area contributed by atoms with E-state index in [4.69, 9.17) is 15.9 Å². The van der Waals surface area contributed by atoms with Gasteiger partial charge in [-0.1, -0.05) is 19.9 Å². The molecule has 1 aromatic rings. The molecular formula is C15H21BrN2O. The van der Waals surface area contributed by atoms with Crippen LogP contribution in [-0.4, -0.2) is 11.9 Å². The van der Waals surface area contributed by atoms with Gasteiger partial charge in [0.15, 0.2) is 0 Å². The number of nitrogens with one attached hydrogen (secondary N) is 1. The van der Waals surface area contributed by atoms with Crippen LogP contribution in [0.2, 0.25) is 0 Å². The Morgan fingerprint density at radius 3 is 2.68 bits per heavy atom. The van der Waals surface area contributed by atoms with Crippen LogP contribution in [0, 0.1) is 17.2 Å². The van der Waals surface area contributed by atoms with E-state index in [9.17, 15) is 0 Å². The van der Waals surface area contributed by atoms with Gasteiger partial charge in [-0.3, -0.25) is 5.41 Å². The normalized spacial score (nSPS) is 27.0. The summed E-state index contributed by atoms with van der Waals surface area (Å²) >= 11 is 3.43. The third-order valence-corrected chi connectivity index (χ3v) is 4.75. The molecule has 3 nitrogen and oxygen atoms in total. The third kappa shape index (κ3) is 3.30. The minimum absolute atomic E-state index is 0.0414. The summed E-state index contributed by atoms with van der Waals surface area (Å²) in [5.41, 5.74) is 6.30. The number of hydrogen-bond donors (Lipinski definition) is 2. The van der Waals surface area contributed by atoms with Gasteiger partial charge in [0, 0.05) is 4.47 Å². The van der Waals surface area contributed by atoms with Crippen LogP contribution >= 0.6 is 15.9 Å². The zero-order chi connectivity index (χ0) is 14.0. The fourth-order valence-electron chi connectivity index (χ4n) is 2.65. The van der Waals surface area contributed by atoms with Gasteiger partial charge in [-0.05, 0) is 59.2 Å². The number of hydrogen-bond acceptors (Lipinski definition) is 2. The van der Waals surface area contributed by atoms with Crippen LogP contribution in [0.1, 0.15) is 38.7 Å². The van der Waals surface area contributed by atoms with Crippen molar-refractivity contribution in [3.05, 3.63) is 28.2 Å². The first-order chi connectivity index (χ1) is 8.99. The van der Waals surface area contributed by atoms with E-state index in [0.717, 1.165) is 23.2 Å². The van der Waals surface area contributed by atoms with Gasteiger partial charge in [-0.2, -0.15) is 0 Å². The quantitative estimate of drug-likeness (QED) is 0.653. The van der Waals surface area contributed by atoms with Crippen molar-refractivity contribution in [3.8, 4) is 5.75 Å². The SMILES string of the molecule is CC1CCC(Oc2cccc(Br)c2C(=N)N)CC1C. The predicted molar refractivity (Wildman–Crippen MR) is 81.8 cm³/mol. The van der Waals surface area contributed by atoms with E-state index in [2.05, 4.69) is 29.8 Å². The Morgan fingerprint density at radius 2 is 2.05 bits per heavy atom. The second kappa shape index (κ2) is 5.95. The maximum Gasteiger partial charge on any atom is 0.131 e. The van der Waals surface area contributed by atoms with E-state index < -0.39 is 0 Å². The van der Waals surface area contributed by atoms with Gasteiger partial charge in [0.2, 0.25) is 0 Å². The number of nitrogen functional groups attached to an aromatic ring is 1. The highest BCUT2D eigenvalue weighted by molar-refractivity contribution is 9.10. The zero-order valence-electron chi connectivity index (χ0n) is 11.4. The Balaban J connectivity index is 2.15. The van der Waals surface area contributed by atoms with Crippen molar-refractivity contribution in [2.45, 2.75) is 39.2 Å². The van der Waals surface area contributed by atoms with Crippen LogP contribution in [0.5, 0.6) is 5.75 Å². The van der Waals surface area contributed by atoms with Gasteiger partial charge >= 0.3 is 0 Å². The van der Waals surface area contributed by atoms with Crippen molar-refractivity contribution < 1.29 is 4.74 Å². The second-order valence-corrected chi connectivity index (χ2v) is 6.39. The lowest BCUT2D eigenvalue weighted by Crippen LogP contribution is -2.29. The number of nitrogens with two attached hydrogens (primary N) is 1. The molecule has 3 unspecified atom stereocenters. The molecule has 19 heavy (non-hydrogen) atoms. The van der Waals surface area contributed by atoms with Gasteiger partial charge in [-0.25, -0.2) is 0 Å². The number of benzene rings is 1. The van der Waals surface area contributed by atoms with E-state index in [1.165, 1.54) is 6.42 Å². The number of halogens is 1. The van der Waals surface area contributed by atoms with Crippen molar-refractivity contribution in [1.29, 1.82) is 5.41 Å². The Kier molecular flexibility index (Phi) is 4.50. The Morgan fingerprint density at radius 1 is 1.32 bits per heavy atom. The smallest absolute Gasteiger partial charge is 0.131 e. The van der Waals surface area contributed by atoms with Crippen molar-refractivity contribution in [2.24, 2.45) is 17.6 Å². The van der Waals surface area contributed by atoms with Crippen LogP contribution < -0.4 is 10.5 Å². The molecule has 1 aliphatic carbocycles. The maximum absolute atomic E-state index is 7.67. The summed E-state index contributed by atoms with van der Waals surface area (Å²) in [5, 5.41) is 7.67. The maximum atomic E-state index is 7.67. The first-order valence-electron chi connectivity index (χ1n) is 6.78. The Hall–Kier alpha value is -1.03. The Bertz CT molecular complexity index is 475. The summed E-state index contributed by atoms with van der Waals surface area (Å²) in [5.74, 6) is 2.22. The molecule has 0 bridgehead atoms. The van der Waals surface area contributed by atoms with Crippen LogP contribution in [-0.2, 0) is 0 Å². The number of amidine groups is 1. The topological polar surface area (TPSA) is 59.1 Å². The van der Waals surface area contributed by atoms with Crippen LogP contribution in [0.3, 0.4) is 0 Å². The molecule has 1 fully saturated rings. The predicted octanol–water partition coefficient (Wildman–Crippen LogP) is 3.94. The van der Waals surface area contributed by atoms with Crippen LogP contribution in [0.25, 0.3) is 0 Å². The zero-order valence-corrected chi connectivity index (χ0v) is 13.0. The summed E-state index contributed by atoms with van der Waals surface area (Å²) in [7, 11) is 0. The van der Waals surface area contributed by atoms with Gasteiger partial charge in [0.1, 0.15) is 11.6 Å². The molecule has 4 heteroatoms. The highest BCUT2D eigenvalue weighted by atomic mass is 79.9. The molecule has 104 valence electrons. The molecule has 0 heterocycles. The summed E-state index contributed by atoms with van der Waals surface area (Å²) in [6, 6.07) is 5.69. The number of rotatable bonds is 3. The first kappa shape index (κ1) is 14.4. The average molecular weight is 325 g/mol. The largest absolute Gasteiger partial charge is 0.490 e. The molecule has 1 saturated carbocycles. The lowest BCUT2D eigenvalue weighted by molar-refractivity contribution is 0.100. The highest BCUT2D eigenvalue weighted by Gasteiger charge is 2.26. The molecule has 0 amide bonds. The lowest BCUT2D eigenvalue weighted by Gasteiger charge is -2.32. The van der Waals surface area contributed by atoms with Crippen molar-refractivity contribution >= 4 is 21.8 Å². The summed E-state index contributed by atoms with van der Waals surface area (Å²) in [6.07, 6.45) is 3.59. The second-order valence-electron chi connectivity index (χ2n) is 5.53. The van der Waals surface area contributed by atoms with E-state index in [1.807, 2.05) is 18.2 Å². The number of ether oxygens (including phenoxy) is 1. The van der Waals surface area contributed by atoms with Gasteiger partial charge in [0.25, 0.3) is 0 Å². The lowest BCUT2D eigenvalue weighted by atomic mass is 9.80. The van der Waals surface area contributed by atoms with Crippen molar-refractivity contribution in [3.63, 3.8) is 0 Å². The molecule has 0 spiro atoms. The summed E-state index contributed by atoms with van der Waals surface area (Å²) in [6.45, 7) is 4.59. The average Bonchev–Trinajstić information content (AvgIpc) is 2.33. The molecule has 0 saturated heterocycles. The first-order valence-corrected chi connectivity index (χ1v) is 7.58. The monoisotopic (exact) mass is 324 g/mol. The molecule has 0 aliphatic heterocycles. The van der Waals surface area contributed by atoms with E-state index in [0.29, 0.717) is 17.2 Å². The standard InChI is InChI=1S/C15H21BrN2O/c1-9-6-7-11(8-10(9)2)19-13-5-3-4-12(16)14(13)15(17)18/h3-5,9-11H,6-8H2,1-2H3,(H3,17,18). The summed E-state index contributed by atoms with van der Waals surface area (Å²) in [4.78, 5) is 0. The van der Waals surface area contributed by atoms with E-state index >= 15 is 0 Å². The molecule has 1 aromatic carbocycles. The van der Waals surface area contributed by atoms with E-state index in [1.54, 1.807) is 0 Å². The van der Waals surface area contributed by atoms with Gasteiger partial charge < -0.3 is 10.5 Å². The van der Waals surface area contributed by atoms with Crippen LogP contribution in [0.15, 0.2) is 22.7 Å².